The topological polar surface area (TPSA) is 30.5 Å². The van der Waals surface area contributed by atoms with Crippen molar-refractivity contribution in [1.82, 2.24) is 5.32 Å². The van der Waals surface area contributed by atoms with Gasteiger partial charge in [0.2, 0.25) is 0 Å². The molecule has 0 amide bonds. The summed E-state index contributed by atoms with van der Waals surface area (Å²) in [5.74, 6) is 1.71. The summed E-state index contributed by atoms with van der Waals surface area (Å²) in [6.45, 7) is 5.83. The van der Waals surface area contributed by atoms with Crippen LogP contribution >= 0.6 is 15.9 Å². The first kappa shape index (κ1) is 15.2. The Kier molecular flexibility index (Phi) is 4.75. The van der Waals surface area contributed by atoms with E-state index in [-0.39, 0.29) is 0 Å². The van der Waals surface area contributed by atoms with E-state index >= 15 is 0 Å². The number of benzene rings is 1. The van der Waals surface area contributed by atoms with Gasteiger partial charge >= 0.3 is 0 Å². The van der Waals surface area contributed by atoms with E-state index in [1.807, 2.05) is 0 Å². The van der Waals surface area contributed by atoms with Crippen molar-refractivity contribution >= 4 is 15.9 Å². The van der Waals surface area contributed by atoms with Gasteiger partial charge in [0.15, 0.2) is 11.5 Å². The molecule has 21 heavy (non-hydrogen) atoms. The maximum atomic E-state index is 5.79. The molecule has 1 N–H and O–H groups in total. The monoisotopic (exact) mass is 353 g/mol. The van der Waals surface area contributed by atoms with Gasteiger partial charge < -0.3 is 14.8 Å². The quantitative estimate of drug-likeness (QED) is 0.876. The fourth-order valence-corrected chi connectivity index (χ4v) is 3.90. The van der Waals surface area contributed by atoms with E-state index in [9.17, 15) is 0 Å². The first-order valence-corrected chi connectivity index (χ1v) is 8.74. The van der Waals surface area contributed by atoms with Gasteiger partial charge in [-0.25, -0.2) is 0 Å². The highest BCUT2D eigenvalue weighted by molar-refractivity contribution is 9.10. The SMILES string of the molecule is CC1(CNCc2cc(Br)c3c(c2)OCCCO3)CCCC1. The molecule has 4 heteroatoms. The van der Waals surface area contributed by atoms with E-state index in [0.29, 0.717) is 5.41 Å². The van der Waals surface area contributed by atoms with Gasteiger partial charge in [-0.3, -0.25) is 0 Å². The van der Waals surface area contributed by atoms with Crippen LogP contribution < -0.4 is 14.8 Å². The van der Waals surface area contributed by atoms with Gasteiger partial charge in [-0.15, -0.1) is 0 Å². The minimum atomic E-state index is 0.489. The molecule has 0 bridgehead atoms. The van der Waals surface area contributed by atoms with Crippen LogP contribution in [0.4, 0.5) is 0 Å². The zero-order valence-electron chi connectivity index (χ0n) is 12.7. The Bertz CT molecular complexity index is 498. The molecule has 3 nitrogen and oxygen atoms in total. The summed E-state index contributed by atoms with van der Waals surface area (Å²) in [7, 11) is 0. The molecule has 1 aliphatic heterocycles. The van der Waals surface area contributed by atoms with Gasteiger partial charge in [0.05, 0.1) is 17.7 Å². The van der Waals surface area contributed by atoms with Crippen molar-refractivity contribution in [3.05, 3.63) is 22.2 Å². The number of nitrogens with one attached hydrogen (secondary N) is 1. The Hall–Kier alpha value is -0.740. The van der Waals surface area contributed by atoms with Crippen molar-refractivity contribution < 1.29 is 9.47 Å². The molecule has 3 rings (SSSR count). The van der Waals surface area contributed by atoms with Crippen molar-refractivity contribution in [2.75, 3.05) is 19.8 Å². The molecule has 0 aromatic heterocycles. The molecule has 116 valence electrons. The van der Waals surface area contributed by atoms with E-state index in [4.69, 9.17) is 9.47 Å². The molecular formula is C17H24BrNO2. The average Bonchev–Trinajstić information content (AvgIpc) is 2.73. The van der Waals surface area contributed by atoms with Crippen LogP contribution in [0.3, 0.4) is 0 Å². The van der Waals surface area contributed by atoms with Crippen LogP contribution in [0.1, 0.15) is 44.6 Å². The molecule has 0 saturated heterocycles. The molecule has 1 aromatic rings. The number of fused-ring (bicyclic) bond motifs is 1. The van der Waals surface area contributed by atoms with Crippen LogP contribution in [-0.4, -0.2) is 19.8 Å². The summed E-state index contributed by atoms with van der Waals surface area (Å²) in [6.07, 6.45) is 6.41. The zero-order valence-corrected chi connectivity index (χ0v) is 14.3. The minimum absolute atomic E-state index is 0.489. The second-order valence-corrected chi connectivity index (χ2v) is 7.43. The summed E-state index contributed by atoms with van der Waals surface area (Å²) < 4.78 is 12.5. The van der Waals surface area contributed by atoms with Gasteiger partial charge in [0, 0.05) is 19.5 Å². The molecule has 1 aromatic carbocycles. The van der Waals surface area contributed by atoms with Crippen LogP contribution in [0.2, 0.25) is 0 Å². The highest BCUT2D eigenvalue weighted by Gasteiger charge is 2.27. The zero-order chi connectivity index (χ0) is 14.7. The van der Waals surface area contributed by atoms with Crippen molar-refractivity contribution in [3.8, 4) is 11.5 Å². The first-order chi connectivity index (χ1) is 10.2. The predicted molar refractivity (Wildman–Crippen MR) is 88.0 cm³/mol. The Balaban J connectivity index is 1.63. The third kappa shape index (κ3) is 3.72. The number of hydrogen-bond acceptors (Lipinski definition) is 3. The van der Waals surface area contributed by atoms with Crippen LogP contribution in [0.5, 0.6) is 11.5 Å². The first-order valence-electron chi connectivity index (χ1n) is 7.95. The largest absolute Gasteiger partial charge is 0.490 e. The summed E-state index contributed by atoms with van der Waals surface area (Å²) in [6, 6.07) is 4.24. The van der Waals surface area contributed by atoms with Crippen molar-refractivity contribution in [2.24, 2.45) is 5.41 Å². The van der Waals surface area contributed by atoms with Crippen LogP contribution in [-0.2, 0) is 6.54 Å². The van der Waals surface area contributed by atoms with Gasteiger partial charge in [-0.1, -0.05) is 19.8 Å². The Morgan fingerprint density at radius 1 is 1.14 bits per heavy atom. The summed E-state index contributed by atoms with van der Waals surface area (Å²) in [4.78, 5) is 0. The molecule has 0 unspecified atom stereocenters. The fraction of sp³-hybridized carbons (Fsp3) is 0.647. The molecule has 1 fully saturated rings. The van der Waals surface area contributed by atoms with E-state index in [0.717, 1.165) is 48.7 Å². The van der Waals surface area contributed by atoms with Gasteiger partial charge in [0.1, 0.15) is 0 Å². The molecule has 1 aliphatic carbocycles. The van der Waals surface area contributed by atoms with Crippen LogP contribution in [0.25, 0.3) is 0 Å². The van der Waals surface area contributed by atoms with E-state index in [2.05, 4.69) is 40.3 Å². The lowest BCUT2D eigenvalue weighted by molar-refractivity contribution is 0.296. The lowest BCUT2D eigenvalue weighted by atomic mass is 9.89. The molecule has 2 aliphatic rings. The van der Waals surface area contributed by atoms with Crippen LogP contribution in [0.15, 0.2) is 16.6 Å². The second kappa shape index (κ2) is 6.57. The Morgan fingerprint density at radius 3 is 2.71 bits per heavy atom. The maximum Gasteiger partial charge on any atom is 0.175 e. The summed E-state index contributed by atoms with van der Waals surface area (Å²) in [5, 5.41) is 3.62. The lowest BCUT2D eigenvalue weighted by Crippen LogP contribution is -2.29. The molecule has 0 spiro atoms. The standard InChI is InChI=1S/C17H24BrNO2/c1-17(5-2-3-6-17)12-19-11-13-9-14(18)16-15(10-13)20-7-4-8-21-16/h9-10,19H,2-8,11-12H2,1H3. The Morgan fingerprint density at radius 2 is 1.90 bits per heavy atom. The number of hydrogen-bond donors (Lipinski definition) is 1. The van der Waals surface area contributed by atoms with E-state index in [1.54, 1.807) is 0 Å². The smallest absolute Gasteiger partial charge is 0.175 e. The van der Waals surface area contributed by atoms with Gasteiger partial charge in [-0.2, -0.15) is 0 Å². The number of ether oxygens (including phenoxy) is 2. The maximum absolute atomic E-state index is 5.79. The summed E-state index contributed by atoms with van der Waals surface area (Å²) >= 11 is 3.60. The highest BCUT2D eigenvalue weighted by Crippen LogP contribution is 2.39. The van der Waals surface area contributed by atoms with E-state index in [1.165, 1.54) is 31.2 Å². The normalized spacial score (nSPS) is 20.3. The third-order valence-electron chi connectivity index (χ3n) is 4.55. The molecule has 0 radical (unpaired) electrons. The van der Waals surface area contributed by atoms with Crippen molar-refractivity contribution in [3.63, 3.8) is 0 Å². The predicted octanol–water partition coefficient (Wildman–Crippen LogP) is 4.28. The fourth-order valence-electron chi connectivity index (χ4n) is 3.30. The van der Waals surface area contributed by atoms with Crippen molar-refractivity contribution in [2.45, 2.75) is 45.6 Å². The molecule has 0 atom stereocenters. The average molecular weight is 354 g/mol. The van der Waals surface area contributed by atoms with Crippen LogP contribution in [0, 0.1) is 5.41 Å². The molecular weight excluding hydrogens is 330 g/mol. The second-order valence-electron chi connectivity index (χ2n) is 6.58. The number of rotatable bonds is 4. The lowest BCUT2D eigenvalue weighted by Gasteiger charge is -2.24. The highest BCUT2D eigenvalue weighted by atomic mass is 79.9. The Labute approximate surface area is 135 Å². The van der Waals surface area contributed by atoms with Gasteiger partial charge in [0.25, 0.3) is 0 Å². The minimum Gasteiger partial charge on any atom is -0.490 e. The summed E-state index contributed by atoms with van der Waals surface area (Å²) in [5.41, 5.74) is 1.73. The third-order valence-corrected chi connectivity index (χ3v) is 5.14. The van der Waals surface area contributed by atoms with Gasteiger partial charge in [-0.05, 0) is 51.9 Å². The molecule has 1 heterocycles. The molecule has 1 saturated carbocycles. The number of halogens is 1. The van der Waals surface area contributed by atoms with Crippen molar-refractivity contribution in [1.29, 1.82) is 0 Å². The van der Waals surface area contributed by atoms with E-state index < -0.39 is 0 Å².